The van der Waals surface area contributed by atoms with Crippen molar-refractivity contribution in [1.82, 2.24) is 25.7 Å². The van der Waals surface area contributed by atoms with Gasteiger partial charge >= 0.3 is 6.18 Å². The lowest BCUT2D eigenvalue weighted by Crippen LogP contribution is -2.63. The summed E-state index contributed by atoms with van der Waals surface area (Å²) in [6.45, 7) is 2.97. The molecule has 1 aliphatic carbocycles. The Balaban J connectivity index is 1.15. The van der Waals surface area contributed by atoms with E-state index >= 15 is 0 Å². The number of hydrogen-bond acceptors (Lipinski definition) is 6. The van der Waals surface area contributed by atoms with Crippen LogP contribution in [0.15, 0.2) is 28.8 Å². The predicted molar refractivity (Wildman–Crippen MR) is 111 cm³/mol. The van der Waals surface area contributed by atoms with Gasteiger partial charge in [-0.25, -0.2) is 0 Å². The average molecular weight is 465 g/mol. The topological polar surface area (TPSA) is 100 Å². The summed E-state index contributed by atoms with van der Waals surface area (Å²) in [6.07, 6.45) is -0.468. The molecule has 8 nitrogen and oxygen atoms in total. The Morgan fingerprint density at radius 1 is 1.18 bits per heavy atom. The summed E-state index contributed by atoms with van der Waals surface area (Å²) in [5, 5.41) is 9.26. The Morgan fingerprint density at radius 2 is 1.91 bits per heavy atom. The number of aryl methyl sites for hydroxylation is 1. The number of nitrogens with zero attached hydrogens (tertiary/aromatic N) is 3. The smallest absolute Gasteiger partial charge is 0.349 e. The van der Waals surface area contributed by atoms with E-state index in [0.717, 1.165) is 62.8 Å². The molecule has 1 saturated carbocycles. The Labute approximate surface area is 188 Å². The van der Waals surface area contributed by atoms with Gasteiger partial charge in [0.1, 0.15) is 0 Å². The third kappa shape index (κ3) is 5.70. The zero-order chi connectivity index (χ0) is 23.6. The zero-order valence-electron chi connectivity index (χ0n) is 18.2. The Morgan fingerprint density at radius 3 is 2.55 bits per heavy atom. The summed E-state index contributed by atoms with van der Waals surface area (Å²) in [7, 11) is 0. The van der Waals surface area contributed by atoms with Gasteiger partial charge in [0.05, 0.1) is 18.2 Å². The van der Waals surface area contributed by atoms with E-state index in [1.165, 1.54) is 6.07 Å². The maximum Gasteiger partial charge on any atom is 0.416 e. The number of aromatic nitrogens is 2. The molecular weight excluding hydrogens is 439 g/mol. The molecule has 0 radical (unpaired) electrons. The molecule has 2 amide bonds. The van der Waals surface area contributed by atoms with Gasteiger partial charge < -0.3 is 15.2 Å². The van der Waals surface area contributed by atoms with Crippen LogP contribution in [0.3, 0.4) is 0 Å². The summed E-state index contributed by atoms with van der Waals surface area (Å²) < 4.78 is 43.4. The Kier molecular flexibility index (Phi) is 6.68. The second kappa shape index (κ2) is 9.50. The lowest BCUT2D eigenvalue weighted by Gasteiger charge is -2.46. The van der Waals surface area contributed by atoms with Crippen molar-refractivity contribution >= 4 is 11.8 Å². The van der Waals surface area contributed by atoms with Crippen LogP contribution < -0.4 is 10.6 Å². The van der Waals surface area contributed by atoms with E-state index in [1.807, 2.05) is 0 Å². The molecule has 2 aliphatic rings. The number of likely N-dealkylation sites (tertiary alicyclic amines) is 1. The standard InChI is InChI=1S/C22H26F3N5O3/c1-13-27-20(29-33-13)14-5-7-18(8-6-14)30-11-17(12-30)28-19(31)10-26-21(32)15-3-2-4-16(9-15)22(23,24)25/h2-4,9,14,17-18H,5-8,10-12H2,1H3,(H,26,32)(H,28,31). The second-order valence-electron chi connectivity index (χ2n) is 8.66. The number of halogens is 3. The summed E-state index contributed by atoms with van der Waals surface area (Å²) in [6, 6.07) is 4.57. The summed E-state index contributed by atoms with van der Waals surface area (Å²) in [4.78, 5) is 30.9. The number of carbonyl (C=O) groups is 2. The van der Waals surface area contributed by atoms with Gasteiger partial charge in [-0.15, -0.1) is 0 Å². The first-order valence-corrected chi connectivity index (χ1v) is 11.0. The van der Waals surface area contributed by atoms with Gasteiger partial charge in [-0.05, 0) is 43.9 Å². The van der Waals surface area contributed by atoms with Crippen LogP contribution in [0, 0.1) is 6.92 Å². The fourth-order valence-corrected chi connectivity index (χ4v) is 4.46. The molecule has 33 heavy (non-hydrogen) atoms. The van der Waals surface area contributed by atoms with Crippen LogP contribution in [-0.2, 0) is 11.0 Å². The molecule has 178 valence electrons. The molecule has 1 saturated heterocycles. The lowest BCUT2D eigenvalue weighted by molar-refractivity contribution is -0.137. The van der Waals surface area contributed by atoms with Crippen molar-refractivity contribution < 1.29 is 27.3 Å². The minimum absolute atomic E-state index is 0.000500. The van der Waals surface area contributed by atoms with E-state index in [0.29, 0.717) is 17.9 Å². The summed E-state index contributed by atoms with van der Waals surface area (Å²) in [5.41, 5.74) is -1.05. The van der Waals surface area contributed by atoms with Gasteiger partial charge in [-0.2, -0.15) is 18.2 Å². The number of rotatable bonds is 6. The largest absolute Gasteiger partial charge is 0.416 e. The average Bonchev–Trinajstić information content (AvgIpc) is 3.20. The Bertz CT molecular complexity index is 995. The fraction of sp³-hybridized carbons (Fsp3) is 0.545. The number of alkyl halides is 3. The van der Waals surface area contributed by atoms with Crippen LogP contribution in [0.5, 0.6) is 0 Å². The van der Waals surface area contributed by atoms with E-state index in [2.05, 4.69) is 25.7 Å². The van der Waals surface area contributed by atoms with E-state index in [-0.39, 0.29) is 24.1 Å². The number of benzene rings is 1. The zero-order valence-corrected chi connectivity index (χ0v) is 18.2. The quantitative estimate of drug-likeness (QED) is 0.681. The number of hydrogen-bond donors (Lipinski definition) is 2. The monoisotopic (exact) mass is 465 g/mol. The lowest BCUT2D eigenvalue weighted by atomic mass is 9.83. The fourth-order valence-electron chi connectivity index (χ4n) is 4.46. The van der Waals surface area contributed by atoms with Crippen molar-refractivity contribution in [2.75, 3.05) is 19.6 Å². The minimum Gasteiger partial charge on any atom is -0.349 e. The van der Waals surface area contributed by atoms with E-state index in [4.69, 9.17) is 4.52 Å². The maximum absolute atomic E-state index is 12.8. The van der Waals surface area contributed by atoms with Crippen LogP contribution in [0.25, 0.3) is 0 Å². The molecular formula is C22H26F3N5O3. The van der Waals surface area contributed by atoms with Crippen molar-refractivity contribution in [3.8, 4) is 0 Å². The van der Waals surface area contributed by atoms with Gasteiger partial charge in [-0.3, -0.25) is 14.5 Å². The molecule has 2 fully saturated rings. The number of amides is 2. The minimum atomic E-state index is -4.53. The second-order valence-corrected chi connectivity index (χ2v) is 8.66. The van der Waals surface area contributed by atoms with E-state index in [1.54, 1.807) is 6.92 Å². The molecule has 2 N–H and O–H groups in total. The molecule has 1 aromatic heterocycles. The normalized spacial score (nSPS) is 21.9. The van der Waals surface area contributed by atoms with Crippen LogP contribution in [0.2, 0.25) is 0 Å². The van der Waals surface area contributed by atoms with Crippen molar-refractivity contribution in [3.05, 3.63) is 47.1 Å². The number of nitrogens with one attached hydrogen (secondary N) is 2. The van der Waals surface area contributed by atoms with Gasteiger partial charge in [-0.1, -0.05) is 11.2 Å². The first-order valence-electron chi connectivity index (χ1n) is 11.0. The van der Waals surface area contributed by atoms with Gasteiger partial charge in [0, 0.05) is 37.5 Å². The first-order chi connectivity index (χ1) is 15.7. The first kappa shape index (κ1) is 23.2. The summed E-state index contributed by atoms with van der Waals surface area (Å²) in [5.74, 6) is 0.610. The molecule has 0 atom stereocenters. The third-order valence-electron chi connectivity index (χ3n) is 6.26. The highest BCUT2D eigenvalue weighted by molar-refractivity contribution is 5.96. The maximum atomic E-state index is 12.8. The van der Waals surface area contributed by atoms with Crippen LogP contribution in [0.1, 0.15) is 59.2 Å². The highest BCUT2D eigenvalue weighted by atomic mass is 19.4. The van der Waals surface area contributed by atoms with Crippen molar-refractivity contribution in [3.63, 3.8) is 0 Å². The molecule has 1 aromatic carbocycles. The third-order valence-corrected chi connectivity index (χ3v) is 6.26. The predicted octanol–water partition coefficient (Wildman–Crippen LogP) is 2.65. The highest BCUT2D eigenvalue weighted by Gasteiger charge is 2.36. The molecule has 11 heteroatoms. The molecule has 0 unspecified atom stereocenters. The Hall–Kier alpha value is -2.95. The van der Waals surface area contributed by atoms with Crippen LogP contribution in [0.4, 0.5) is 13.2 Å². The molecule has 0 bridgehead atoms. The van der Waals surface area contributed by atoms with E-state index < -0.39 is 17.6 Å². The molecule has 0 spiro atoms. The summed E-state index contributed by atoms with van der Waals surface area (Å²) >= 11 is 0. The molecule has 4 rings (SSSR count). The molecule has 2 aromatic rings. The van der Waals surface area contributed by atoms with Gasteiger partial charge in [0.25, 0.3) is 5.91 Å². The van der Waals surface area contributed by atoms with Crippen LogP contribution >= 0.6 is 0 Å². The van der Waals surface area contributed by atoms with Crippen molar-refractivity contribution in [2.24, 2.45) is 0 Å². The highest BCUT2D eigenvalue weighted by Crippen LogP contribution is 2.35. The SMILES string of the molecule is Cc1nc(C2CCC(N3CC(NC(=O)CNC(=O)c4cccc(C(F)(F)F)c4)C3)CC2)no1. The van der Waals surface area contributed by atoms with Gasteiger partial charge in [0.15, 0.2) is 5.82 Å². The molecule has 1 aliphatic heterocycles. The van der Waals surface area contributed by atoms with Crippen LogP contribution in [-0.4, -0.2) is 58.6 Å². The van der Waals surface area contributed by atoms with Gasteiger partial charge in [0.2, 0.25) is 11.8 Å². The molecule has 2 heterocycles. The van der Waals surface area contributed by atoms with Crippen molar-refractivity contribution in [2.45, 2.75) is 56.8 Å². The van der Waals surface area contributed by atoms with E-state index in [9.17, 15) is 22.8 Å². The van der Waals surface area contributed by atoms with Crippen molar-refractivity contribution in [1.29, 1.82) is 0 Å². The number of carbonyl (C=O) groups excluding carboxylic acids is 2.